The van der Waals surface area contributed by atoms with E-state index in [0.717, 1.165) is 6.07 Å². The third-order valence-corrected chi connectivity index (χ3v) is 1.61. The van der Waals surface area contributed by atoms with Crippen molar-refractivity contribution < 1.29 is 13.2 Å². The highest BCUT2D eigenvalue weighted by Crippen LogP contribution is 2.33. The molecule has 0 saturated heterocycles. The van der Waals surface area contributed by atoms with Gasteiger partial charge in [-0.3, -0.25) is 0 Å². The predicted octanol–water partition coefficient (Wildman–Crippen LogP) is 3.54. The molecule has 0 spiro atoms. The maximum atomic E-state index is 12.1. The molecule has 0 aliphatic heterocycles. The lowest BCUT2D eigenvalue weighted by Gasteiger charge is -2.09. The minimum absolute atomic E-state index is 0.0631. The Morgan fingerprint density at radius 2 is 1.83 bits per heavy atom. The molecule has 65 valence electrons. The standard InChI is InChI=1S/C8H5ClF3/c1-5-2-3-6(9)4-7(5)8(10,11)12/h2-4H,1H2. The molecule has 0 nitrogen and oxygen atoms in total. The fraction of sp³-hybridized carbons (Fsp3) is 0.125. The molecule has 1 aromatic rings. The molecule has 1 radical (unpaired) electrons. The molecule has 1 aromatic carbocycles. The molecular formula is C8H5ClF3. The van der Waals surface area contributed by atoms with Crippen molar-refractivity contribution >= 4 is 11.6 Å². The highest BCUT2D eigenvalue weighted by Gasteiger charge is 2.32. The zero-order valence-electron chi connectivity index (χ0n) is 5.95. The van der Waals surface area contributed by atoms with Gasteiger partial charge in [-0.25, -0.2) is 0 Å². The summed E-state index contributed by atoms with van der Waals surface area (Å²) in [5.74, 6) is 0. The van der Waals surface area contributed by atoms with Gasteiger partial charge >= 0.3 is 6.18 Å². The lowest BCUT2D eigenvalue weighted by atomic mass is 10.1. The second-order valence-corrected chi connectivity index (χ2v) is 2.74. The average molecular weight is 194 g/mol. The van der Waals surface area contributed by atoms with Gasteiger partial charge in [-0.2, -0.15) is 13.2 Å². The molecule has 0 N–H and O–H groups in total. The summed E-state index contributed by atoms with van der Waals surface area (Å²) in [4.78, 5) is 0. The second kappa shape index (κ2) is 2.98. The van der Waals surface area contributed by atoms with Crippen molar-refractivity contribution in [2.24, 2.45) is 0 Å². The SMILES string of the molecule is [CH2]c1ccc(Cl)cc1C(F)(F)F. The van der Waals surface area contributed by atoms with Crippen LogP contribution in [0.1, 0.15) is 11.1 Å². The number of halogens is 4. The summed E-state index contributed by atoms with van der Waals surface area (Å²) in [7, 11) is 0. The molecule has 12 heavy (non-hydrogen) atoms. The fourth-order valence-corrected chi connectivity index (χ4v) is 0.985. The predicted molar refractivity (Wildman–Crippen MR) is 40.9 cm³/mol. The molecule has 0 fully saturated rings. The first-order chi connectivity index (χ1) is 5.41. The molecule has 0 aliphatic rings. The third kappa shape index (κ3) is 1.91. The number of hydrogen-bond donors (Lipinski definition) is 0. The molecule has 0 bridgehead atoms. The molecule has 1 rings (SSSR count). The van der Waals surface area contributed by atoms with Crippen LogP contribution in [-0.2, 0) is 6.18 Å². The fourth-order valence-electron chi connectivity index (χ4n) is 0.813. The summed E-state index contributed by atoms with van der Waals surface area (Å²) in [6, 6.07) is 3.48. The molecule has 0 unspecified atom stereocenters. The maximum absolute atomic E-state index is 12.1. The van der Waals surface area contributed by atoms with E-state index in [1.165, 1.54) is 12.1 Å². The first-order valence-corrected chi connectivity index (χ1v) is 3.48. The van der Waals surface area contributed by atoms with Gasteiger partial charge < -0.3 is 0 Å². The van der Waals surface area contributed by atoms with Crippen LogP contribution < -0.4 is 0 Å². The van der Waals surface area contributed by atoms with Crippen molar-refractivity contribution in [2.75, 3.05) is 0 Å². The van der Waals surface area contributed by atoms with E-state index in [4.69, 9.17) is 11.6 Å². The van der Waals surface area contributed by atoms with E-state index in [-0.39, 0.29) is 10.6 Å². The van der Waals surface area contributed by atoms with E-state index in [2.05, 4.69) is 6.92 Å². The highest BCUT2D eigenvalue weighted by atomic mass is 35.5. The lowest BCUT2D eigenvalue weighted by molar-refractivity contribution is -0.137. The molecule has 0 atom stereocenters. The Morgan fingerprint density at radius 1 is 1.25 bits per heavy atom. The van der Waals surface area contributed by atoms with Crippen molar-refractivity contribution in [1.29, 1.82) is 0 Å². The molecule has 0 aliphatic carbocycles. The molecular weight excluding hydrogens is 189 g/mol. The van der Waals surface area contributed by atoms with Crippen LogP contribution in [0.4, 0.5) is 13.2 Å². The number of benzene rings is 1. The second-order valence-electron chi connectivity index (χ2n) is 2.30. The van der Waals surface area contributed by atoms with Crippen molar-refractivity contribution in [3.8, 4) is 0 Å². The van der Waals surface area contributed by atoms with Crippen LogP contribution in [0.3, 0.4) is 0 Å². The van der Waals surface area contributed by atoms with Gasteiger partial charge in [0.05, 0.1) is 5.56 Å². The van der Waals surface area contributed by atoms with Gasteiger partial charge in [0.25, 0.3) is 0 Å². The Morgan fingerprint density at radius 3 is 2.25 bits per heavy atom. The summed E-state index contributed by atoms with van der Waals surface area (Å²) in [5.41, 5.74) is -0.845. The normalized spacial score (nSPS) is 11.8. The van der Waals surface area contributed by atoms with Gasteiger partial charge in [-0.1, -0.05) is 17.7 Å². The Labute approximate surface area is 73.0 Å². The van der Waals surface area contributed by atoms with Crippen LogP contribution in [0, 0.1) is 6.92 Å². The topological polar surface area (TPSA) is 0 Å². The Hall–Kier alpha value is -0.700. The molecule has 0 heterocycles. The van der Waals surface area contributed by atoms with Crippen LogP contribution in [0.15, 0.2) is 18.2 Å². The summed E-state index contributed by atoms with van der Waals surface area (Å²) in [6.45, 7) is 3.25. The van der Waals surface area contributed by atoms with E-state index >= 15 is 0 Å². The Bertz CT molecular complexity index is 291. The van der Waals surface area contributed by atoms with E-state index in [1.54, 1.807) is 0 Å². The van der Waals surface area contributed by atoms with Crippen molar-refractivity contribution in [3.63, 3.8) is 0 Å². The van der Waals surface area contributed by atoms with Crippen LogP contribution in [0.5, 0.6) is 0 Å². The van der Waals surface area contributed by atoms with E-state index < -0.39 is 11.7 Å². The van der Waals surface area contributed by atoms with Crippen molar-refractivity contribution in [3.05, 3.63) is 41.3 Å². The first kappa shape index (κ1) is 9.39. The van der Waals surface area contributed by atoms with E-state index in [9.17, 15) is 13.2 Å². The summed E-state index contributed by atoms with van der Waals surface area (Å²) < 4.78 is 36.4. The summed E-state index contributed by atoms with van der Waals surface area (Å²) in [5, 5.41) is 0.0646. The Kier molecular flexibility index (Phi) is 2.33. The summed E-state index contributed by atoms with van der Waals surface area (Å²) >= 11 is 5.40. The first-order valence-electron chi connectivity index (χ1n) is 3.10. The van der Waals surface area contributed by atoms with Gasteiger partial charge in [-0.05, 0) is 24.6 Å². The monoisotopic (exact) mass is 193 g/mol. The van der Waals surface area contributed by atoms with Gasteiger partial charge in [0.2, 0.25) is 0 Å². The van der Waals surface area contributed by atoms with Crippen molar-refractivity contribution in [2.45, 2.75) is 6.18 Å². The largest absolute Gasteiger partial charge is 0.416 e. The van der Waals surface area contributed by atoms with Gasteiger partial charge in [0.15, 0.2) is 0 Å². The third-order valence-electron chi connectivity index (χ3n) is 1.38. The number of hydrogen-bond acceptors (Lipinski definition) is 0. The van der Waals surface area contributed by atoms with E-state index in [0.29, 0.717) is 0 Å². The molecule has 0 saturated carbocycles. The lowest BCUT2D eigenvalue weighted by Crippen LogP contribution is -2.06. The van der Waals surface area contributed by atoms with Gasteiger partial charge in [0.1, 0.15) is 0 Å². The average Bonchev–Trinajstić information content (AvgIpc) is 1.92. The van der Waals surface area contributed by atoms with Crippen LogP contribution >= 0.6 is 11.6 Å². The van der Waals surface area contributed by atoms with Crippen molar-refractivity contribution in [1.82, 2.24) is 0 Å². The van der Waals surface area contributed by atoms with Crippen LogP contribution in [0.25, 0.3) is 0 Å². The molecule has 0 amide bonds. The minimum atomic E-state index is -4.37. The van der Waals surface area contributed by atoms with E-state index in [1.807, 2.05) is 0 Å². The van der Waals surface area contributed by atoms with Crippen LogP contribution in [-0.4, -0.2) is 0 Å². The smallest absolute Gasteiger partial charge is 0.166 e. The quantitative estimate of drug-likeness (QED) is 0.591. The highest BCUT2D eigenvalue weighted by molar-refractivity contribution is 6.30. The zero-order chi connectivity index (χ0) is 9.35. The maximum Gasteiger partial charge on any atom is 0.416 e. The van der Waals surface area contributed by atoms with Gasteiger partial charge in [0, 0.05) is 5.02 Å². The number of alkyl halides is 3. The molecule has 0 aromatic heterocycles. The number of rotatable bonds is 0. The zero-order valence-corrected chi connectivity index (χ0v) is 6.71. The molecule has 4 heteroatoms. The van der Waals surface area contributed by atoms with Crippen LogP contribution in [0.2, 0.25) is 5.02 Å². The minimum Gasteiger partial charge on any atom is -0.166 e. The van der Waals surface area contributed by atoms with Gasteiger partial charge in [-0.15, -0.1) is 0 Å². The summed E-state index contributed by atoms with van der Waals surface area (Å²) in [6.07, 6.45) is -4.37. The Balaban J connectivity index is 3.23.